The van der Waals surface area contributed by atoms with Crippen LogP contribution in [0.25, 0.3) is 0 Å². The number of hydrogen-bond acceptors (Lipinski definition) is 6. The zero-order valence-electron chi connectivity index (χ0n) is 37.2. The van der Waals surface area contributed by atoms with Gasteiger partial charge in [-0.3, -0.25) is 9.59 Å². The Hall–Kier alpha value is -1.14. The van der Waals surface area contributed by atoms with E-state index in [4.69, 9.17) is 9.47 Å². The van der Waals surface area contributed by atoms with Crippen molar-refractivity contribution in [3.63, 3.8) is 0 Å². The van der Waals surface area contributed by atoms with Gasteiger partial charge in [0.15, 0.2) is 0 Å². The Balaban J connectivity index is 4.10. The van der Waals surface area contributed by atoms with E-state index in [-0.39, 0.29) is 24.0 Å². The second-order valence-corrected chi connectivity index (χ2v) is 17.6. The van der Waals surface area contributed by atoms with E-state index < -0.39 is 0 Å². The summed E-state index contributed by atoms with van der Waals surface area (Å²) in [4.78, 5) is 27.2. The van der Waals surface area contributed by atoms with Crippen LogP contribution in [0, 0.1) is 11.3 Å². The lowest BCUT2D eigenvalue weighted by atomic mass is 9.83. The Morgan fingerprint density at radius 3 is 1.48 bits per heavy atom. The second-order valence-electron chi connectivity index (χ2n) is 17.6. The molecule has 54 heavy (non-hydrogen) atoms. The molecule has 0 aliphatic rings. The number of hydrogen-bond donors (Lipinski definition) is 1. The molecule has 0 unspecified atom stereocenters. The number of ether oxygens (including phenoxy) is 2. The van der Waals surface area contributed by atoms with Crippen molar-refractivity contribution in [2.45, 2.75) is 247 Å². The summed E-state index contributed by atoms with van der Waals surface area (Å²) in [5, 5.41) is 9.67. The van der Waals surface area contributed by atoms with Crippen molar-refractivity contribution in [2.24, 2.45) is 11.3 Å². The van der Waals surface area contributed by atoms with Gasteiger partial charge >= 0.3 is 11.9 Å². The average molecular weight is 766 g/mol. The van der Waals surface area contributed by atoms with Gasteiger partial charge in [0, 0.05) is 19.4 Å². The average Bonchev–Trinajstić information content (AvgIpc) is 3.15. The Kier molecular flexibility index (Phi) is 39.2. The highest BCUT2D eigenvalue weighted by atomic mass is 16.5. The first-order chi connectivity index (χ1) is 26.3. The Morgan fingerprint density at radius 1 is 0.500 bits per heavy atom. The van der Waals surface area contributed by atoms with Gasteiger partial charge in [-0.1, -0.05) is 182 Å². The van der Waals surface area contributed by atoms with Crippen LogP contribution >= 0.6 is 0 Å². The maximum Gasteiger partial charge on any atom is 0.305 e. The standard InChI is InChI=1S/C48H95NO5/c1-6-9-12-15-18-19-25-32-43-53-46(51)36-29-30-37-48(4,5)38-40-49(41-42-50)39-31-24-20-23-28-35-47(52)54-44-45(33-26-21-16-13-10-7-2)34-27-22-17-14-11-8-3/h45,50H,6-44H2,1-5H3. The van der Waals surface area contributed by atoms with E-state index in [2.05, 4.69) is 39.5 Å². The summed E-state index contributed by atoms with van der Waals surface area (Å²) in [5.74, 6) is 0.492. The van der Waals surface area contributed by atoms with E-state index in [1.54, 1.807) is 0 Å². The molecule has 0 saturated heterocycles. The van der Waals surface area contributed by atoms with Gasteiger partial charge in [-0.25, -0.2) is 0 Å². The monoisotopic (exact) mass is 766 g/mol. The molecule has 1 N–H and O–H groups in total. The quantitative estimate of drug-likeness (QED) is 0.0492. The van der Waals surface area contributed by atoms with Crippen LogP contribution in [0.15, 0.2) is 0 Å². The van der Waals surface area contributed by atoms with Gasteiger partial charge in [0.25, 0.3) is 0 Å². The number of rotatable bonds is 43. The van der Waals surface area contributed by atoms with E-state index in [9.17, 15) is 14.7 Å². The predicted octanol–water partition coefficient (Wildman–Crippen LogP) is 13.9. The van der Waals surface area contributed by atoms with Crippen LogP contribution in [-0.2, 0) is 19.1 Å². The summed E-state index contributed by atoms with van der Waals surface area (Å²) in [6, 6.07) is 0. The molecule has 0 aromatic carbocycles. The molecule has 322 valence electrons. The van der Waals surface area contributed by atoms with E-state index in [1.165, 1.54) is 128 Å². The summed E-state index contributed by atoms with van der Waals surface area (Å²) in [5.41, 5.74) is 0.214. The first-order valence-electron chi connectivity index (χ1n) is 23.9. The van der Waals surface area contributed by atoms with Crippen molar-refractivity contribution in [1.29, 1.82) is 0 Å². The van der Waals surface area contributed by atoms with Crippen molar-refractivity contribution in [1.82, 2.24) is 4.90 Å². The molecule has 0 radical (unpaired) electrons. The lowest BCUT2D eigenvalue weighted by Crippen LogP contribution is -2.32. The minimum Gasteiger partial charge on any atom is -0.466 e. The SMILES string of the molecule is CCCCCCCCCCOC(=O)CCCCC(C)(C)CCN(CCO)CCCCCCCC(=O)OCC(CCCCCCCC)CCCCCCCC. The normalized spacial score (nSPS) is 11.9. The fraction of sp³-hybridized carbons (Fsp3) is 0.958. The van der Waals surface area contributed by atoms with Crippen LogP contribution in [0.5, 0.6) is 0 Å². The summed E-state index contributed by atoms with van der Waals surface area (Å²) in [6.07, 6.45) is 39.0. The predicted molar refractivity (Wildman–Crippen MR) is 232 cm³/mol. The van der Waals surface area contributed by atoms with Gasteiger partial charge in [0.1, 0.15) is 0 Å². The number of nitrogens with zero attached hydrogens (tertiary/aromatic N) is 1. The summed E-state index contributed by atoms with van der Waals surface area (Å²) in [7, 11) is 0. The second kappa shape index (κ2) is 40.1. The Labute approximate surface area is 337 Å². The maximum atomic E-state index is 12.6. The molecular formula is C48H95NO5. The van der Waals surface area contributed by atoms with E-state index in [1.807, 2.05) is 0 Å². The topological polar surface area (TPSA) is 76.1 Å². The van der Waals surface area contributed by atoms with Crippen LogP contribution < -0.4 is 0 Å². The molecule has 0 atom stereocenters. The molecule has 0 spiro atoms. The molecule has 0 heterocycles. The molecule has 0 bridgehead atoms. The van der Waals surface area contributed by atoms with Crippen molar-refractivity contribution in [3.8, 4) is 0 Å². The lowest BCUT2D eigenvalue weighted by molar-refractivity contribution is -0.145. The van der Waals surface area contributed by atoms with Crippen LogP contribution in [0.4, 0.5) is 0 Å². The molecular weight excluding hydrogens is 671 g/mol. The molecule has 0 aliphatic heterocycles. The highest BCUT2D eigenvalue weighted by Crippen LogP contribution is 2.28. The third-order valence-electron chi connectivity index (χ3n) is 11.5. The first-order valence-corrected chi connectivity index (χ1v) is 23.9. The minimum atomic E-state index is -0.0360. The fourth-order valence-electron chi connectivity index (χ4n) is 7.59. The van der Waals surface area contributed by atoms with Gasteiger partial charge in [-0.05, 0) is 75.8 Å². The minimum absolute atomic E-state index is 0.00311. The van der Waals surface area contributed by atoms with E-state index in [0.717, 1.165) is 90.3 Å². The summed E-state index contributed by atoms with van der Waals surface area (Å²) >= 11 is 0. The summed E-state index contributed by atoms with van der Waals surface area (Å²) < 4.78 is 11.3. The molecule has 0 fully saturated rings. The lowest BCUT2D eigenvalue weighted by Gasteiger charge is -2.29. The van der Waals surface area contributed by atoms with Crippen LogP contribution in [-0.4, -0.2) is 61.4 Å². The number of unbranched alkanes of at least 4 members (excludes halogenated alkanes) is 22. The Morgan fingerprint density at radius 2 is 0.944 bits per heavy atom. The molecule has 0 aliphatic carbocycles. The van der Waals surface area contributed by atoms with Gasteiger partial charge in [0.2, 0.25) is 0 Å². The number of aliphatic hydroxyl groups excluding tert-OH is 1. The van der Waals surface area contributed by atoms with Gasteiger partial charge in [0.05, 0.1) is 19.8 Å². The number of esters is 2. The Bertz CT molecular complexity index is 786. The van der Waals surface area contributed by atoms with E-state index >= 15 is 0 Å². The molecule has 0 aromatic heterocycles. The zero-order valence-corrected chi connectivity index (χ0v) is 37.2. The smallest absolute Gasteiger partial charge is 0.305 e. The zero-order chi connectivity index (χ0) is 39.8. The van der Waals surface area contributed by atoms with Crippen LogP contribution in [0.2, 0.25) is 0 Å². The highest BCUT2D eigenvalue weighted by Gasteiger charge is 2.19. The van der Waals surface area contributed by atoms with Crippen molar-refractivity contribution < 1.29 is 24.2 Å². The number of aliphatic hydroxyl groups is 1. The number of carbonyl (C=O) groups excluding carboxylic acids is 2. The molecule has 0 saturated carbocycles. The van der Waals surface area contributed by atoms with Gasteiger partial charge in [-0.15, -0.1) is 0 Å². The van der Waals surface area contributed by atoms with Gasteiger partial charge < -0.3 is 19.5 Å². The molecule has 0 aromatic rings. The molecule has 0 rings (SSSR count). The molecule has 6 nitrogen and oxygen atoms in total. The third-order valence-corrected chi connectivity index (χ3v) is 11.5. The highest BCUT2D eigenvalue weighted by molar-refractivity contribution is 5.69. The first kappa shape index (κ1) is 52.9. The molecule has 0 amide bonds. The van der Waals surface area contributed by atoms with E-state index in [0.29, 0.717) is 32.0 Å². The fourth-order valence-corrected chi connectivity index (χ4v) is 7.59. The number of carbonyl (C=O) groups is 2. The third kappa shape index (κ3) is 37.8. The molecule has 6 heteroatoms. The summed E-state index contributed by atoms with van der Waals surface area (Å²) in [6.45, 7) is 15.6. The van der Waals surface area contributed by atoms with Crippen LogP contribution in [0.1, 0.15) is 247 Å². The largest absolute Gasteiger partial charge is 0.466 e. The van der Waals surface area contributed by atoms with Crippen molar-refractivity contribution >= 4 is 11.9 Å². The van der Waals surface area contributed by atoms with Crippen LogP contribution in [0.3, 0.4) is 0 Å². The van der Waals surface area contributed by atoms with Gasteiger partial charge in [-0.2, -0.15) is 0 Å². The maximum absolute atomic E-state index is 12.6. The van der Waals surface area contributed by atoms with Crippen molar-refractivity contribution in [3.05, 3.63) is 0 Å². The van der Waals surface area contributed by atoms with Crippen molar-refractivity contribution in [2.75, 3.05) is 39.5 Å².